The number of rotatable bonds is 7. The zero-order valence-corrected chi connectivity index (χ0v) is 18.6. The SMILES string of the molecule is Cc1cnc(Nc2ccc(F)cc2)nc1-n1cnc(C(=O)NC(CN)C2=CC=C[C@H](Cl)C2)c1. The Hall–Kier alpha value is -3.56. The molecule has 4 N–H and O–H groups in total. The number of amides is 1. The highest BCUT2D eigenvalue weighted by Gasteiger charge is 2.21. The quantitative estimate of drug-likeness (QED) is 0.459. The lowest BCUT2D eigenvalue weighted by Crippen LogP contribution is -2.42. The molecule has 1 aromatic carbocycles. The van der Waals surface area contributed by atoms with Gasteiger partial charge in [0, 0.05) is 30.2 Å². The average Bonchev–Trinajstić information content (AvgIpc) is 3.30. The summed E-state index contributed by atoms with van der Waals surface area (Å²) in [6, 6.07) is 5.55. The minimum atomic E-state index is -0.345. The number of benzene rings is 1. The predicted molar refractivity (Wildman–Crippen MR) is 125 cm³/mol. The van der Waals surface area contributed by atoms with Crippen molar-refractivity contribution in [2.75, 3.05) is 11.9 Å². The highest BCUT2D eigenvalue weighted by molar-refractivity contribution is 6.22. The van der Waals surface area contributed by atoms with Gasteiger partial charge in [0.1, 0.15) is 23.7 Å². The van der Waals surface area contributed by atoms with Crippen LogP contribution in [0.2, 0.25) is 0 Å². The summed E-state index contributed by atoms with van der Waals surface area (Å²) in [7, 11) is 0. The second kappa shape index (κ2) is 9.93. The van der Waals surface area contributed by atoms with Crippen LogP contribution in [-0.2, 0) is 0 Å². The Morgan fingerprint density at radius 1 is 1.33 bits per heavy atom. The van der Waals surface area contributed by atoms with Crippen LogP contribution in [0.4, 0.5) is 16.0 Å². The summed E-state index contributed by atoms with van der Waals surface area (Å²) in [5, 5.41) is 5.84. The van der Waals surface area contributed by atoms with Crippen LogP contribution in [0.1, 0.15) is 22.5 Å². The highest BCUT2D eigenvalue weighted by atomic mass is 35.5. The maximum atomic E-state index is 13.1. The van der Waals surface area contributed by atoms with Gasteiger partial charge in [-0.1, -0.05) is 18.2 Å². The van der Waals surface area contributed by atoms with Crippen LogP contribution in [0.15, 0.2) is 66.8 Å². The fourth-order valence-electron chi connectivity index (χ4n) is 3.43. The van der Waals surface area contributed by atoms with Crippen LogP contribution in [0.3, 0.4) is 0 Å². The first-order valence-electron chi connectivity index (χ1n) is 10.4. The Morgan fingerprint density at radius 2 is 2.12 bits per heavy atom. The molecule has 1 aliphatic carbocycles. The highest BCUT2D eigenvalue weighted by Crippen LogP contribution is 2.21. The normalized spacial score (nSPS) is 16.2. The minimum absolute atomic E-state index is 0.117. The molecular formula is C23H23ClFN7O. The van der Waals surface area contributed by atoms with E-state index in [9.17, 15) is 9.18 Å². The van der Waals surface area contributed by atoms with Gasteiger partial charge in [0.2, 0.25) is 5.95 Å². The molecule has 33 heavy (non-hydrogen) atoms. The Bertz CT molecular complexity index is 1210. The summed E-state index contributed by atoms with van der Waals surface area (Å²) in [6.45, 7) is 2.10. The number of hydrogen-bond acceptors (Lipinski definition) is 6. The van der Waals surface area contributed by atoms with E-state index in [1.807, 2.05) is 25.2 Å². The van der Waals surface area contributed by atoms with Crippen molar-refractivity contribution < 1.29 is 9.18 Å². The summed E-state index contributed by atoms with van der Waals surface area (Å²) in [4.78, 5) is 25.8. The van der Waals surface area contributed by atoms with Crippen molar-refractivity contribution in [2.24, 2.45) is 5.73 Å². The molecule has 10 heteroatoms. The fraction of sp³-hybridized carbons (Fsp3) is 0.217. The van der Waals surface area contributed by atoms with E-state index in [2.05, 4.69) is 25.6 Å². The lowest BCUT2D eigenvalue weighted by atomic mass is 9.97. The molecule has 0 saturated carbocycles. The monoisotopic (exact) mass is 467 g/mol. The van der Waals surface area contributed by atoms with Crippen molar-refractivity contribution in [3.8, 4) is 5.82 Å². The Balaban J connectivity index is 1.50. The number of nitrogens with two attached hydrogens (primary N) is 1. The molecule has 0 radical (unpaired) electrons. The van der Waals surface area contributed by atoms with E-state index in [1.54, 1.807) is 29.1 Å². The number of halogens is 2. The van der Waals surface area contributed by atoms with Crippen LogP contribution in [0, 0.1) is 12.7 Å². The van der Waals surface area contributed by atoms with E-state index in [0.717, 1.165) is 11.1 Å². The number of nitrogens with zero attached hydrogens (tertiary/aromatic N) is 4. The Labute approximate surface area is 195 Å². The maximum Gasteiger partial charge on any atom is 0.271 e. The predicted octanol–water partition coefficient (Wildman–Crippen LogP) is 3.40. The molecule has 170 valence electrons. The van der Waals surface area contributed by atoms with E-state index in [4.69, 9.17) is 17.3 Å². The zero-order chi connectivity index (χ0) is 23.4. The van der Waals surface area contributed by atoms with E-state index in [1.165, 1.54) is 18.5 Å². The Kier molecular flexibility index (Phi) is 6.81. The van der Waals surface area contributed by atoms with E-state index in [-0.39, 0.29) is 35.4 Å². The van der Waals surface area contributed by atoms with Gasteiger partial charge in [-0.25, -0.2) is 14.4 Å². The van der Waals surface area contributed by atoms with Gasteiger partial charge in [-0.05, 0) is 43.2 Å². The summed E-state index contributed by atoms with van der Waals surface area (Å²) < 4.78 is 14.8. The number of imidazole rings is 1. The smallest absolute Gasteiger partial charge is 0.271 e. The molecule has 0 saturated heterocycles. The molecule has 0 bridgehead atoms. The van der Waals surface area contributed by atoms with Crippen LogP contribution < -0.4 is 16.4 Å². The third-order valence-electron chi connectivity index (χ3n) is 5.15. The zero-order valence-electron chi connectivity index (χ0n) is 17.9. The first-order chi connectivity index (χ1) is 15.9. The van der Waals surface area contributed by atoms with Gasteiger partial charge in [0.15, 0.2) is 0 Å². The molecule has 2 heterocycles. The molecule has 1 unspecified atom stereocenters. The number of allylic oxidation sites excluding steroid dienone is 3. The standard InChI is InChI=1S/C23H23ClFN7O/c1-14-11-27-23(29-18-7-5-17(25)6-8-18)31-21(14)32-12-20(28-13-32)22(33)30-19(10-26)15-3-2-4-16(24)9-15/h2-8,11-13,16,19H,9-10,26H2,1H3,(H,30,33)(H,27,29,31)/t16-,19?/m0/s1. The average molecular weight is 468 g/mol. The molecular weight excluding hydrogens is 445 g/mol. The van der Waals surface area contributed by atoms with Crippen molar-refractivity contribution in [2.45, 2.75) is 24.8 Å². The third-order valence-corrected chi connectivity index (χ3v) is 5.45. The van der Waals surface area contributed by atoms with Crippen LogP contribution in [0.5, 0.6) is 0 Å². The van der Waals surface area contributed by atoms with Crippen molar-refractivity contribution in [1.29, 1.82) is 0 Å². The number of hydrogen-bond donors (Lipinski definition) is 3. The molecule has 1 amide bonds. The summed E-state index contributed by atoms with van der Waals surface area (Å²) in [5.74, 6) is 0.215. The molecule has 0 spiro atoms. The van der Waals surface area contributed by atoms with Gasteiger partial charge in [0.25, 0.3) is 5.91 Å². The summed E-state index contributed by atoms with van der Waals surface area (Å²) >= 11 is 6.19. The largest absolute Gasteiger partial charge is 0.343 e. The summed E-state index contributed by atoms with van der Waals surface area (Å²) in [5.41, 5.74) is 8.52. The third kappa shape index (κ3) is 5.44. The Morgan fingerprint density at radius 3 is 2.85 bits per heavy atom. The molecule has 3 aromatic rings. The number of anilines is 2. The van der Waals surface area contributed by atoms with Gasteiger partial charge in [0.05, 0.1) is 11.4 Å². The van der Waals surface area contributed by atoms with E-state index in [0.29, 0.717) is 23.9 Å². The first-order valence-corrected chi connectivity index (χ1v) is 10.8. The molecule has 0 aliphatic heterocycles. The van der Waals surface area contributed by atoms with Crippen molar-refractivity contribution in [1.82, 2.24) is 24.8 Å². The molecule has 1 aliphatic rings. The van der Waals surface area contributed by atoms with Crippen LogP contribution in [0.25, 0.3) is 5.82 Å². The second-order valence-corrected chi connectivity index (χ2v) is 8.17. The molecule has 0 fully saturated rings. The van der Waals surface area contributed by atoms with Crippen LogP contribution in [-0.4, -0.2) is 43.4 Å². The number of nitrogens with one attached hydrogen (secondary N) is 2. The second-order valence-electron chi connectivity index (χ2n) is 7.61. The molecule has 2 aromatic heterocycles. The lowest BCUT2D eigenvalue weighted by Gasteiger charge is -2.22. The van der Waals surface area contributed by atoms with Gasteiger partial charge >= 0.3 is 0 Å². The fourth-order valence-corrected chi connectivity index (χ4v) is 3.69. The maximum absolute atomic E-state index is 13.1. The van der Waals surface area contributed by atoms with E-state index >= 15 is 0 Å². The number of alkyl halides is 1. The number of aromatic nitrogens is 4. The first kappa shape index (κ1) is 22.6. The molecule has 2 atom stereocenters. The van der Waals surface area contributed by atoms with Crippen molar-refractivity contribution >= 4 is 29.1 Å². The van der Waals surface area contributed by atoms with Crippen molar-refractivity contribution in [3.05, 3.63) is 83.9 Å². The van der Waals surface area contributed by atoms with Crippen molar-refractivity contribution in [3.63, 3.8) is 0 Å². The molecule has 8 nitrogen and oxygen atoms in total. The summed E-state index contributed by atoms with van der Waals surface area (Å²) in [6.07, 6.45) is 11.1. The van der Waals surface area contributed by atoms with Gasteiger partial charge < -0.3 is 16.4 Å². The van der Waals surface area contributed by atoms with Gasteiger partial charge in [-0.3, -0.25) is 9.36 Å². The van der Waals surface area contributed by atoms with Gasteiger partial charge in [-0.15, -0.1) is 11.6 Å². The number of carbonyl (C=O) groups excluding carboxylic acids is 1. The number of carbonyl (C=O) groups is 1. The minimum Gasteiger partial charge on any atom is -0.343 e. The van der Waals surface area contributed by atoms with Gasteiger partial charge in [-0.2, -0.15) is 4.98 Å². The number of aryl methyl sites for hydroxylation is 1. The van der Waals surface area contributed by atoms with Crippen LogP contribution >= 0.6 is 11.6 Å². The van der Waals surface area contributed by atoms with E-state index < -0.39 is 0 Å². The molecule has 4 rings (SSSR count). The topological polar surface area (TPSA) is 111 Å². The lowest BCUT2D eigenvalue weighted by molar-refractivity contribution is 0.0938.